The van der Waals surface area contributed by atoms with E-state index in [1.54, 1.807) is 18.3 Å². The summed E-state index contributed by atoms with van der Waals surface area (Å²) in [6.45, 7) is 2.39. The Hall–Kier alpha value is -2.22. The van der Waals surface area contributed by atoms with Crippen LogP contribution in [0.4, 0.5) is 11.5 Å². The van der Waals surface area contributed by atoms with Crippen molar-refractivity contribution in [1.29, 1.82) is 0 Å². The zero-order valence-electron chi connectivity index (χ0n) is 10.1. The lowest BCUT2D eigenvalue weighted by molar-refractivity contribution is -0.387. The van der Waals surface area contributed by atoms with Crippen LogP contribution in [-0.4, -0.2) is 26.4 Å². The first kappa shape index (κ1) is 13.2. The molecule has 98 valence electrons. The summed E-state index contributed by atoms with van der Waals surface area (Å²) < 4.78 is 0. The van der Waals surface area contributed by atoms with Crippen molar-refractivity contribution >= 4 is 23.3 Å². The second kappa shape index (κ2) is 6.10. The van der Waals surface area contributed by atoms with E-state index in [0.717, 1.165) is 11.8 Å². The quantitative estimate of drug-likeness (QED) is 0.509. The van der Waals surface area contributed by atoms with Gasteiger partial charge in [0.2, 0.25) is 5.82 Å². The van der Waals surface area contributed by atoms with Crippen molar-refractivity contribution < 1.29 is 4.92 Å². The molecule has 2 aromatic heterocycles. The summed E-state index contributed by atoms with van der Waals surface area (Å²) in [6.07, 6.45) is 2.93. The van der Waals surface area contributed by atoms with E-state index in [4.69, 9.17) is 0 Å². The van der Waals surface area contributed by atoms with Gasteiger partial charge in [-0.25, -0.2) is 15.0 Å². The van der Waals surface area contributed by atoms with Gasteiger partial charge in [-0.05, 0) is 30.8 Å². The van der Waals surface area contributed by atoms with Gasteiger partial charge in [0.05, 0.1) is 4.92 Å². The van der Waals surface area contributed by atoms with E-state index in [-0.39, 0.29) is 16.5 Å². The van der Waals surface area contributed by atoms with E-state index in [9.17, 15) is 10.1 Å². The first-order chi connectivity index (χ1) is 9.22. The van der Waals surface area contributed by atoms with Crippen LogP contribution in [0.5, 0.6) is 0 Å². The van der Waals surface area contributed by atoms with Crippen molar-refractivity contribution in [3.05, 3.63) is 40.8 Å². The number of nitro groups is 1. The molecule has 2 rings (SSSR count). The molecule has 0 fully saturated rings. The summed E-state index contributed by atoms with van der Waals surface area (Å²) >= 11 is 1.14. The van der Waals surface area contributed by atoms with Crippen LogP contribution < -0.4 is 5.32 Å². The van der Waals surface area contributed by atoms with Gasteiger partial charge < -0.3 is 5.32 Å². The van der Waals surface area contributed by atoms with E-state index in [1.807, 2.05) is 13.0 Å². The molecule has 0 saturated heterocycles. The number of nitrogens with one attached hydrogen (secondary N) is 1. The lowest BCUT2D eigenvalue weighted by atomic mass is 10.5. The predicted molar refractivity (Wildman–Crippen MR) is 71.2 cm³/mol. The van der Waals surface area contributed by atoms with Crippen LogP contribution in [0, 0.1) is 10.1 Å². The molecule has 0 aromatic carbocycles. The van der Waals surface area contributed by atoms with Crippen LogP contribution in [0.15, 0.2) is 40.8 Å². The second-order valence-corrected chi connectivity index (χ2v) is 4.44. The maximum absolute atomic E-state index is 11.2. The Kier molecular flexibility index (Phi) is 4.24. The summed E-state index contributed by atoms with van der Waals surface area (Å²) in [6, 6.07) is 5.36. The van der Waals surface area contributed by atoms with Crippen LogP contribution >= 0.6 is 11.8 Å². The molecule has 0 aliphatic heterocycles. The van der Waals surface area contributed by atoms with Gasteiger partial charge in [-0.15, -0.1) is 0 Å². The van der Waals surface area contributed by atoms with Gasteiger partial charge in [0.25, 0.3) is 0 Å². The molecule has 8 heteroatoms. The normalized spacial score (nSPS) is 10.2. The van der Waals surface area contributed by atoms with Crippen molar-refractivity contribution in [1.82, 2.24) is 15.0 Å². The molecular formula is C11H11N5O2S. The lowest BCUT2D eigenvalue weighted by Gasteiger charge is -2.06. The third-order valence-electron chi connectivity index (χ3n) is 2.15. The molecule has 0 amide bonds. The second-order valence-electron chi connectivity index (χ2n) is 3.43. The average Bonchev–Trinajstić information content (AvgIpc) is 2.40. The first-order valence-electron chi connectivity index (χ1n) is 5.54. The first-order valence-corrected chi connectivity index (χ1v) is 6.36. The standard InChI is InChI=1S/C11H11N5O2S/c1-2-12-10-9(16(17)18)11(15-7-14-10)19-8-5-3-4-6-13-8/h3-7H,2H2,1H3,(H,12,14,15). The number of hydrogen-bond acceptors (Lipinski definition) is 7. The molecule has 0 unspecified atom stereocenters. The Bertz CT molecular complexity index is 579. The summed E-state index contributed by atoms with van der Waals surface area (Å²) in [4.78, 5) is 22.6. The fourth-order valence-corrected chi connectivity index (χ4v) is 2.23. The third-order valence-corrected chi connectivity index (χ3v) is 3.10. The van der Waals surface area contributed by atoms with Crippen molar-refractivity contribution in [3.8, 4) is 0 Å². The van der Waals surface area contributed by atoms with E-state index in [0.29, 0.717) is 11.6 Å². The smallest absolute Gasteiger partial charge is 0.343 e. The lowest BCUT2D eigenvalue weighted by Crippen LogP contribution is -2.05. The van der Waals surface area contributed by atoms with Crippen LogP contribution in [-0.2, 0) is 0 Å². The molecule has 0 aliphatic rings. The summed E-state index contributed by atoms with van der Waals surface area (Å²) in [5.41, 5.74) is -0.125. The SMILES string of the molecule is CCNc1ncnc(Sc2ccccn2)c1[N+](=O)[O-]. The van der Waals surface area contributed by atoms with Crippen LogP contribution in [0.2, 0.25) is 0 Å². The highest BCUT2D eigenvalue weighted by atomic mass is 32.2. The molecule has 7 nitrogen and oxygen atoms in total. The summed E-state index contributed by atoms with van der Waals surface area (Å²) in [7, 11) is 0. The van der Waals surface area contributed by atoms with E-state index in [1.165, 1.54) is 6.33 Å². The topological polar surface area (TPSA) is 93.8 Å². The average molecular weight is 277 g/mol. The summed E-state index contributed by atoms with van der Waals surface area (Å²) in [5.74, 6) is 0.223. The minimum Gasteiger partial charge on any atom is -0.364 e. The van der Waals surface area contributed by atoms with Crippen molar-refractivity contribution in [2.75, 3.05) is 11.9 Å². The maximum Gasteiger partial charge on any atom is 0.343 e. The molecule has 19 heavy (non-hydrogen) atoms. The largest absolute Gasteiger partial charge is 0.364 e. The predicted octanol–water partition coefficient (Wildman–Crippen LogP) is 2.36. The molecule has 2 aromatic rings. The number of rotatable bonds is 5. The molecule has 0 aliphatic carbocycles. The number of aromatic nitrogens is 3. The van der Waals surface area contributed by atoms with Crippen LogP contribution in [0.3, 0.4) is 0 Å². The fourth-order valence-electron chi connectivity index (χ4n) is 1.41. The monoisotopic (exact) mass is 277 g/mol. The number of pyridine rings is 1. The Labute approximate surface area is 113 Å². The number of nitrogens with zero attached hydrogens (tertiary/aromatic N) is 4. The molecule has 1 N–H and O–H groups in total. The van der Waals surface area contributed by atoms with Crippen molar-refractivity contribution in [2.45, 2.75) is 17.0 Å². The number of hydrogen-bond donors (Lipinski definition) is 1. The summed E-state index contributed by atoms with van der Waals surface area (Å²) in [5, 5.41) is 14.9. The third kappa shape index (κ3) is 3.16. The Balaban J connectivity index is 2.39. The highest BCUT2D eigenvalue weighted by Gasteiger charge is 2.23. The minimum atomic E-state index is -0.483. The Morgan fingerprint density at radius 1 is 1.37 bits per heavy atom. The minimum absolute atomic E-state index is 0.125. The van der Waals surface area contributed by atoms with Crippen LogP contribution in [0.25, 0.3) is 0 Å². The maximum atomic E-state index is 11.2. The zero-order valence-corrected chi connectivity index (χ0v) is 10.9. The van der Waals surface area contributed by atoms with Gasteiger partial charge in [-0.3, -0.25) is 10.1 Å². The van der Waals surface area contributed by atoms with Gasteiger partial charge in [-0.2, -0.15) is 0 Å². The van der Waals surface area contributed by atoms with Crippen molar-refractivity contribution in [2.24, 2.45) is 0 Å². The molecule has 0 bridgehead atoms. The van der Waals surface area contributed by atoms with Crippen molar-refractivity contribution in [3.63, 3.8) is 0 Å². The zero-order chi connectivity index (χ0) is 13.7. The van der Waals surface area contributed by atoms with Gasteiger partial charge >= 0.3 is 5.69 Å². The molecular weight excluding hydrogens is 266 g/mol. The highest BCUT2D eigenvalue weighted by molar-refractivity contribution is 7.99. The van der Waals surface area contributed by atoms with E-state index < -0.39 is 4.92 Å². The van der Waals surface area contributed by atoms with E-state index >= 15 is 0 Å². The Morgan fingerprint density at radius 3 is 2.84 bits per heavy atom. The molecule has 0 atom stereocenters. The van der Waals surface area contributed by atoms with Crippen LogP contribution in [0.1, 0.15) is 6.92 Å². The van der Waals surface area contributed by atoms with E-state index in [2.05, 4.69) is 20.3 Å². The van der Waals surface area contributed by atoms with Gasteiger partial charge in [-0.1, -0.05) is 6.07 Å². The molecule has 0 saturated carbocycles. The fraction of sp³-hybridized carbons (Fsp3) is 0.182. The molecule has 2 heterocycles. The van der Waals surface area contributed by atoms with Gasteiger partial charge in [0.15, 0.2) is 5.03 Å². The molecule has 0 radical (unpaired) electrons. The Morgan fingerprint density at radius 2 is 2.21 bits per heavy atom. The van der Waals surface area contributed by atoms with Gasteiger partial charge in [0, 0.05) is 12.7 Å². The molecule has 0 spiro atoms. The number of anilines is 1. The van der Waals surface area contributed by atoms with Gasteiger partial charge in [0.1, 0.15) is 11.4 Å². The highest BCUT2D eigenvalue weighted by Crippen LogP contribution is 2.35.